The first kappa shape index (κ1) is 18.1. The quantitative estimate of drug-likeness (QED) is 0.380. The minimum Gasteiger partial charge on any atom is -0.351 e. The summed E-state index contributed by atoms with van der Waals surface area (Å²) in [6.45, 7) is 1.99. The summed E-state index contributed by atoms with van der Waals surface area (Å²) in [6, 6.07) is -1.77. The Morgan fingerprint density at radius 1 is 1.50 bits per heavy atom. The van der Waals surface area contributed by atoms with Gasteiger partial charge in [0.1, 0.15) is 6.04 Å². The zero-order valence-corrected chi connectivity index (χ0v) is 13.7. The molecule has 4 amide bonds. The second-order valence-electron chi connectivity index (χ2n) is 6.25. The van der Waals surface area contributed by atoms with Gasteiger partial charge in [0.15, 0.2) is 0 Å². The van der Waals surface area contributed by atoms with E-state index in [4.69, 9.17) is 11.5 Å². The summed E-state index contributed by atoms with van der Waals surface area (Å²) in [5, 5.41) is 7.88. The summed E-state index contributed by atoms with van der Waals surface area (Å²) in [6.07, 6.45) is 2.05. The standard InChI is InChI=1S/C14H25N7O3/c1-21(10-7-18-14(19-12(10)23)20-13(16)24)11(22)5-9(15)4-8-2-3-17-6-8/h8-10,17H,2-7,15H2,1H3,(H4,16,18,19,20,23,24)/t8-,9+,10?/m1/s1. The summed E-state index contributed by atoms with van der Waals surface area (Å²) in [5.41, 5.74) is 11.0. The Hall–Kier alpha value is -2.20. The monoisotopic (exact) mass is 339 g/mol. The van der Waals surface area contributed by atoms with Crippen molar-refractivity contribution in [3.8, 4) is 0 Å². The molecule has 0 aromatic rings. The molecule has 24 heavy (non-hydrogen) atoms. The maximum atomic E-state index is 12.3. The van der Waals surface area contributed by atoms with E-state index >= 15 is 0 Å². The third-order valence-corrected chi connectivity index (χ3v) is 4.30. The average molecular weight is 339 g/mol. The smallest absolute Gasteiger partial charge is 0.318 e. The number of hydrogen-bond donors (Lipinski definition) is 5. The fourth-order valence-corrected chi connectivity index (χ4v) is 2.96. The zero-order chi connectivity index (χ0) is 17.7. The molecule has 1 saturated heterocycles. The van der Waals surface area contributed by atoms with Gasteiger partial charge in [0.05, 0.1) is 6.54 Å². The highest BCUT2D eigenvalue weighted by Crippen LogP contribution is 2.16. The first-order valence-electron chi connectivity index (χ1n) is 8.00. The van der Waals surface area contributed by atoms with Crippen molar-refractivity contribution in [1.82, 2.24) is 20.9 Å². The number of guanidine groups is 1. The molecule has 0 aromatic heterocycles. The van der Waals surface area contributed by atoms with E-state index in [1.54, 1.807) is 7.05 Å². The molecule has 0 bridgehead atoms. The van der Waals surface area contributed by atoms with Crippen LogP contribution in [0.15, 0.2) is 4.99 Å². The lowest BCUT2D eigenvalue weighted by Crippen LogP contribution is -2.58. The van der Waals surface area contributed by atoms with Crippen LogP contribution in [0.3, 0.4) is 0 Å². The Labute approximate surface area is 140 Å². The van der Waals surface area contributed by atoms with Gasteiger partial charge in [0.2, 0.25) is 11.9 Å². The number of carbonyl (C=O) groups is 3. The van der Waals surface area contributed by atoms with Gasteiger partial charge in [-0.15, -0.1) is 0 Å². The van der Waals surface area contributed by atoms with Gasteiger partial charge in [0.25, 0.3) is 5.91 Å². The molecule has 2 aliphatic rings. The Bertz CT molecular complexity index is 530. The normalized spacial score (nSPS) is 24.8. The third kappa shape index (κ3) is 4.90. The number of nitrogens with zero attached hydrogens (tertiary/aromatic N) is 2. The SMILES string of the molecule is CN(C(=O)C[C@@H](N)C[C@H]1CCNC1)C1CN=C(NC(N)=O)NC1=O. The van der Waals surface area contributed by atoms with Crippen LogP contribution in [0.2, 0.25) is 0 Å². The van der Waals surface area contributed by atoms with Crippen molar-refractivity contribution in [2.45, 2.75) is 31.3 Å². The molecule has 0 aliphatic carbocycles. The third-order valence-electron chi connectivity index (χ3n) is 4.30. The van der Waals surface area contributed by atoms with E-state index in [1.165, 1.54) is 4.90 Å². The molecule has 7 N–H and O–H groups in total. The molecule has 10 nitrogen and oxygen atoms in total. The van der Waals surface area contributed by atoms with Crippen LogP contribution in [0.25, 0.3) is 0 Å². The highest BCUT2D eigenvalue weighted by Gasteiger charge is 2.31. The lowest BCUT2D eigenvalue weighted by Gasteiger charge is -2.30. The Morgan fingerprint density at radius 2 is 2.25 bits per heavy atom. The van der Waals surface area contributed by atoms with Crippen LogP contribution in [0.4, 0.5) is 4.79 Å². The van der Waals surface area contributed by atoms with Crippen molar-refractivity contribution < 1.29 is 14.4 Å². The van der Waals surface area contributed by atoms with Gasteiger partial charge in [-0.2, -0.15) is 0 Å². The summed E-state index contributed by atoms with van der Waals surface area (Å²) in [7, 11) is 1.55. The maximum absolute atomic E-state index is 12.3. The molecule has 2 aliphatic heterocycles. The summed E-state index contributed by atoms with van der Waals surface area (Å²) < 4.78 is 0. The molecule has 2 heterocycles. The lowest BCUT2D eigenvalue weighted by atomic mass is 9.97. The van der Waals surface area contributed by atoms with Gasteiger partial charge < -0.3 is 21.7 Å². The average Bonchev–Trinajstić information content (AvgIpc) is 2.98. The Morgan fingerprint density at radius 3 is 2.83 bits per heavy atom. The van der Waals surface area contributed by atoms with E-state index in [0.717, 1.165) is 25.9 Å². The molecular weight excluding hydrogens is 314 g/mol. The fourth-order valence-electron chi connectivity index (χ4n) is 2.96. The number of likely N-dealkylation sites (N-methyl/N-ethyl adjacent to an activating group) is 1. The number of amides is 4. The first-order valence-corrected chi connectivity index (χ1v) is 8.00. The molecule has 1 fully saturated rings. The number of urea groups is 1. The Kier molecular flexibility index (Phi) is 6.10. The molecule has 0 saturated carbocycles. The minimum atomic E-state index is -0.815. The number of hydrogen-bond acceptors (Lipinski definition) is 6. The highest BCUT2D eigenvalue weighted by atomic mass is 16.2. The molecule has 1 unspecified atom stereocenters. The van der Waals surface area contributed by atoms with Crippen LogP contribution < -0.4 is 27.4 Å². The van der Waals surface area contributed by atoms with E-state index in [9.17, 15) is 14.4 Å². The van der Waals surface area contributed by atoms with Crippen molar-refractivity contribution in [3.05, 3.63) is 0 Å². The second-order valence-corrected chi connectivity index (χ2v) is 6.25. The Balaban J connectivity index is 1.84. The minimum absolute atomic E-state index is 0.00460. The zero-order valence-electron chi connectivity index (χ0n) is 13.7. The summed E-state index contributed by atoms with van der Waals surface area (Å²) in [5.74, 6) is -0.119. The van der Waals surface area contributed by atoms with Crippen LogP contribution in [-0.4, -0.2) is 67.5 Å². The van der Waals surface area contributed by atoms with E-state index in [1.807, 2.05) is 0 Å². The topological polar surface area (TPSA) is 155 Å². The molecular formula is C14H25N7O3. The first-order chi connectivity index (χ1) is 11.4. The second kappa shape index (κ2) is 8.06. The van der Waals surface area contributed by atoms with Crippen LogP contribution in [0.5, 0.6) is 0 Å². The van der Waals surface area contributed by atoms with Gasteiger partial charge in [-0.05, 0) is 31.8 Å². The predicted octanol–water partition coefficient (Wildman–Crippen LogP) is -2.32. The number of rotatable bonds is 5. The number of nitrogens with two attached hydrogens (primary N) is 2. The molecule has 2 rings (SSSR count). The van der Waals surface area contributed by atoms with Crippen LogP contribution in [0.1, 0.15) is 19.3 Å². The number of aliphatic imine (C=N–C) groups is 1. The van der Waals surface area contributed by atoms with Gasteiger partial charge in [-0.1, -0.05) is 0 Å². The van der Waals surface area contributed by atoms with Crippen molar-refractivity contribution in [2.24, 2.45) is 22.4 Å². The molecule has 3 atom stereocenters. The van der Waals surface area contributed by atoms with Crippen molar-refractivity contribution in [1.29, 1.82) is 0 Å². The van der Waals surface area contributed by atoms with Crippen LogP contribution in [0, 0.1) is 5.92 Å². The van der Waals surface area contributed by atoms with Gasteiger partial charge >= 0.3 is 6.03 Å². The van der Waals surface area contributed by atoms with Crippen molar-refractivity contribution >= 4 is 23.8 Å². The predicted molar refractivity (Wildman–Crippen MR) is 87.9 cm³/mol. The molecule has 0 spiro atoms. The van der Waals surface area contributed by atoms with Crippen LogP contribution >= 0.6 is 0 Å². The van der Waals surface area contributed by atoms with E-state index in [2.05, 4.69) is 20.9 Å². The molecule has 0 radical (unpaired) electrons. The largest absolute Gasteiger partial charge is 0.351 e. The molecule has 134 valence electrons. The van der Waals surface area contributed by atoms with Gasteiger partial charge in [-0.25, -0.2) is 9.79 Å². The van der Waals surface area contributed by atoms with Gasteiger partial charge in [-0.3, -0.25) is 20.2 Å². The van der Waals surface area contributed by atoms with Crippen molar-refractivity contribution in [2.75, 3.05) is 26.7 Å². The van der Waals surface area contributed by atoms with Gasteiger partial charge in [0, 0.05) is 19.5 Å². The maximum Gasteiger partial charge on any atom is 0.318 e. The summed E-state index contributed by atoms with van der Waals surface area (Å²) in [4.78, 5) is 40.5. The number of primary amides is 1. The van der Waals surface area contributed by atoms with E-state index in [0.29, 0.717) is 5.92 Å². The number of nitrogens with one attached hydrogen (secondary N) is 3. The number of carbonyl (C=O) groups excluding carboxylic acids is 3. The van der Waals surface area contributed by atoms with E-state index < -0.39 is 18.0 Å². The van der Waals surface area contributed by atoms with E-state index in [-0.39, 0.29) is 30.9 Å². The molecule has 10 heteroatoms. The fraction of sp³-hybridized carbons (Fsp3) is 0.714. The van der Waals surface area contributed by atoms with Crippen molar-refractivity contribution in [3.63, 3.8) is 0 Å². The molecule has 0 aromatic carbocycles. The lowest BCUT2D eigenvalue weighted by molar-refractivity contribution is -0.138. The van der Waals surface area contributed by atoms with Crippen LogP contribution in [-0.2, 0) is 9.59 Å². The highest BCUT2D eigenvalue weighted by molar-refractivity contribution is 6.07. The summed E-state index contributed by atoms with van der Waals surface area (Å²) >= 11 is 0.